The summed E-state index contributed by atoms with van der Waals surface area (Å²) in [5.74, 6) is 0. The van der Waals surface area contributed by atoms with Crippen molar-refractivity contribution in [1.29, 1.82) is 0 Å². The number of hydrogen-bond donors (Lipinski definition) is 2. The summed E-state index contributed by atoms with van der Waals surface area (Å²) in [6.45, 7) is 4.57. The minimum atomic E-state index is -0.438. The van der Waals surface area contributed by atoms with Gasteiger partial charge in [-0.05, 0) is 31.4 Å². The molecule has 5 nitrogen and oxygen atoms in total. The first-order valence-corrected chi connectivity index (χ1v) is 6.58. The lowest BCUT2D eigenvalue weighted by Crippen LogP contribution is -2.42. The molecule has 6 heteroatoms. The molecule has 0 aliphatic rings. The van der Waals surface area contributed by atoms with Crippen LogP contribution in [0.25, 0.3) is 0 Å². The monoisotopic (exact) mass is 286 g/mol. The quantitative estimate of drug-likeness (QED) is 0.597. The fourth-order valence-electron chi connectivity index (χ4n) is 1.76. The first-order chi connectivity index (χ1) is 8.91. The van der Waals surface area contributed by atoms with E-state index in [0.717, 1.165) is 6.42 Å². The Hall–Kier alpha value is -1.17. The third-order valence-electron chi connectivity index (χ3n) is 3.39. The van der Waals surface area contributed by atoms with Gasteiger partial charge in [0.05, 0.1) is 4.92 Å². The second-order valence-electron chi connectivity index (χ2n) is 4.77. The largest absolute Gasteiger partial charge is 0.396 e. The summed E-state index contributed by atoms with van der Waals surface area (Å²) in [7, 11) is 0. The van der Waals surface area contributed by atoms with Crippen molar-refractivity contribution in [3.8, 4) is 0 Å². The van der Waals surface area contributed by atoms with Crippen LogP contribution in [-0.2, 0) is 6.54 Å². The molecule has 0 spiro atoms. The van der Waals surface area contributed by atoms with Gasteiger partial charge in [0.1, 0.15) is 0 Å². The van der Waals surface area contributed by atoms with E-state index in [1.54, 1.807) is 0 Å². The standard InChI is InChI=1S/C13H19ClN2O3/c1-3-13(2,6-7-17)15-9-10-8-11(16(18)19)4-5-12(10)14/h4-5,8,15,17H,3,6-7,9H2,1-2H3. The van der Waals surface area contributed by atoms with Gasteiger partial charge in [0, 0.05) is 35.8 Å². The van der Waals surface area contributed by atoms with Gasteiger partial charge in [0.25, 0.3) is 5.69 Å². The zero-order chi connectivity index (χ0) is 14.5. The average Bonchev–Trinajstić information content (AvgIpc) is 2.38. The first-order valence-electron chi connectivity index (χ1n) is 6.20. The lowest BCUT2D eigenvalue weighted by atomic mass is 9.94. The zero-order valence-corrected chi connectivity index (χ0v) is 11.9. The molecule has 0 amide bonds. The van der Waals surface area contributed by atoms with Crippen LogP contribution in [0, 0.1) is 10.1 Å². The molecule has 1 aromatic carbocycles. The molecule has 1 rings (SSSR count). The predicted molar refractivity (Wildman–Crippen MR) is 75.3 cm³/mol. The Morgan fingerprint density at radius 3 is 2.74 bits per heavy atom. The molecule has 1 aromatic rings. The lowest BCUT2D eigenvalue weighted by Gasteiger charge is -2.29. The second kappa shape index (κ2) is 6.84. The van der Waals surface area contributed by atoms with Crippen molar-refractivity contribution in [2.24, 2.45) is 0 Å². The highest BCUT2D eigenvalue weighted by Gasteiger charge is 2.21. The van der Waals surface area contributed by atoms with Crippen LogP contribution in [0.4, 0.5) is 5.69 Å². The minimum absolute atomic E-state index is 0.0292. The number of halogens is 1. The van der Waals surface area contributed by atoms with E-state index in [0.29, 0.717) is 23.6 Å². The van der Waals surface area contributed by atoms with Gasteiger partial charge >= 0.3 is 0 Å². The van der Waals surface area contributed by atoms with Gasteiger partial charge < -0.3 is 10.4 Å². The van der Waals surface area contributed by atoms with E-state index in [4.69, 9.17) is 16.7 Å². The number of nitro groups is 1. The van der Waals surface area contributed by atoms with Crippen molar-refractivity contribution in [1.82, 2.24) is 5.32 Å². The molecule has 0 aliphatic carbocycles. The van der Waals surface area contributed by atoms with E-state index in [-0.39, 0.29) is 17.8 Å². The summed E-state index contributed by atoms with van der Waals surface area (Å²) >= 11 is 6.04. The molecule has 106 valence electrons. The van der Waals surface area contributed by atoms with E-state index in [1.165, 1.54) is 18.2 Å². The van der Waals surface area contributed by atoms with Crippen LogP contribution in [0.3, 0.4) is 0 Å². The third-order valence-corrected chi connectivity index (χ3v) is 3.76. The average molecular weight is 287 g/mol. The molecule has 1 atom stereocenters. The number of non-ortho nitro benzene ring substituents is 1. The third kappa shape index (κ3) is 4.45. The summed E-state index contributed by atoms with van der Waals surface area (Å²) in [4.78, 5) is 10.3. The number of aliphatic hydroxyl groups excluding tert-OH is 1. The number of nitrogens with one attached hydrogen (secondary N) is 1. The first kappa shape index (κ1) is 15.9. The fourth-order valence-corrected chi connectivity index (χ4v) is 1.94. The molecule has 19 heavy (non-hydrogen) atoms. The number of nitro benzene ring substituents is 1. The molecule has 2 N–H and O–H groups in total. The van der Waals surface area contributed by atoms with E-state index < -0.39 is 4.92 Å². The maximum Gasteiger partial charge on any atom is 0.269 e. The molecule has 0 fully saturated rings. The molecule has 0 bridgehead atoms. The summed E-state index contributed by atoms with van der Waals surface area (Å²) in [6.07, 6.45) is 1.47. The lowest BCUT2D eigenvalue weighted by molar-refractivity contribution is -0.384. The second-order valence-corrected chi connectivity index (χ2v) is 5.18. The van der Waals surface area contributed by atoms with Gasteiger partial charge in [0.15, 0.2) is 0 Å². The summed E-state index contributed by atoms with van der Waals surface area (Å²) in [6, 6.07) is 4.40. The molecule has 0 heterocycles. The maximum absolute atomic E-state index is 10.7. The van der Waals surface area contributed by atoms with E-state index >= 15 is 0 Å². The smallest absolute Gasteiger partial charge is 0.269 e. The van der Waals surface area contributed by atoms with Crippen LogP contribution < -0.4 is 5.32 Å². The summed E-state index contributed by atoms with van der Waals surface area (Å²) in [5.41, 5.74) is 0.512. The van der Waals surface area contributed by atoms with Gasteiger partial charge in [-0.2, -0.15) is 0 Å². The number of benzene rings is 1. The molecule has 0 radical (unpaired) electrons. The number of aliphatic hydroxyl groups is 1. The Balaban J connectivity index is 2.81. The molecule has 0 aliphatic heterocycles. The number of nitrogens with zero attached hydrogens (tertiary/aromatic N) is 1. The van der Waals surface area contributed by atoms with E-state index in [1.807, 2.05) is 13.8 Å². The van der Waals surface area contributed by atoms with Gasteiger partial charge in [-0.25, -0.2) is 0 Å². The molecular weight excluding hydrogens is 268 g/mol. The highest BCUT2D eigenvalue weighted by molar-refractivity contribution is 6.31. The highest BCUT2D eigenvalue weighted by atomic mass is 35.5. The normalized spacial score (nSPS) is 14.1. The van der Waals surface area contributed by atoms with Crippen molar-refractivity contribution in [3.05, 3.63) is 38.9 Å². The highest BCUT2D eigenvalue weighted by Crippen LogP contribution is 2.23. The van der Waals surface area contributed by atoms with Crippen LogP contribution in [-0.4, -0.2) is 22.2 Å². The molecule has 0 aromatic heterocycles. The molecular formula is C13H19ClN2O3. The van der Waals surface area contributed by atoms with Gasteiger partial charge in [-0.3, -0.25) is 10.1 Å². The Morgan fingerprint density at radius 1 is 1.53 bits per heavy atom. The Kier molecular flexibility index (Phi) is 5.72. The summed E-state index contributed by atoms with van der Waals surface area (Å²) < 4.78 is 0. The predicted octanol–water partition coefficient (Wildman–Crippen LogP) is 2.89. The SMILES string of the molecule is CCC(C)(CCO)NCc1cc([N+](=O)[O-])ccc1Cl. The van der Waals surface area contributed by atoms with Crippen LogP contribution in [0.2, 0.25) is 5.02 Å². The fraction of sp³-hybridized carbons (Fsp3) is 0.538. The number of hydrogen-bond acceptors (Lipinski definition) is 4. The maximum atomic E-state index is 10.7. The molecule has 1 unspecified atom stereocenters. The topological polar surface area (TPSA) is 75.4 Å². The Morgan fingerprint density at radius 2 is 2.21 bits per heavy atom. The Bertz CT molecular complexity index is 454. The van der Waals surface area contributed by atoms with E-state index in [2.05, 4.69) is 5.32 Å². The van der Waals surface area contributed by atoms with Crippen molar-refractivity contribution < 1.29 is 10.0 Å². The summed E-state index contributed by atoms with van der Waals surface area (Å²) in [5, 5.41) is 23.6. The van der Waals surface area contributed by atoms with Crippen LogP contribution >= 0.6 is 11.6 Å². The Labute approximate surface area is 117 Å². The number of rotatable bonds is 7. The molecule has 0 saturated carbocycles. The van der Waals surface area contributed by atoms with Crippen molar-refractivity contribution in [2.75, 3.05) is 6.61 Å². The van der Waals surface area contributed by atoms with Crippen LogP contribution in [0.15, 0.2) is 18.2 Å². The van der Waals surface area contributed by atoms with Crippen LogP contribution in [0.1, 0.15) is 32.3 Å². The minimum Gasteiger partial charge on any atom is -0.396 e. The van der Waals surface area contributed by atoms with Gasteiger partial charge in [-0.15, -0.1) is 0 Å². The zero-order valence-electron chi connectivity index (χ0n) is 11.1. The van der Waals surface area contributed by atoms with Crippen molar-refractivity contribution >= 4 is 17.3 Å². The van der Waals surface area contributed by atoms with Crippen molar-refractivity contribution in [2.45, 2.75) is 38.8 Å². The van der Waals surface area contributed by atoms with Gasteiger partial charge in [0.2, 0.25) is 0 Å². The van der Waals surface area contributed by atoms with Crippen LogP contribution in [0.5, 0.6) is 0 Å². The van der Waals surface area contributed by atoms with Crippen molar-refractivity contribution in [3.63, 3.8) is 0 Å². The van der Waals surface area contributed by atoms with Gasteiger partial charge in [-0.1, -0.05) is 18.5 Å². The molecule has 0 saturated heterocycles. The van der Waals surface area contributed by atoms with E-state index in [9.17, 15) is 10.1 Å².